The molecule has 0 radical (unpaired) electrons. The zero-order valence-electron chi connectivity index (χ0n) is 15.8. The van der Waals surface area contributed by atoms with Crippen molar-refractivity contribution in [2.24, 2.45) is 0 Å². The van der Waals surface area contributed by atoms with Gasteiger partial charge in [-0.05, 0) is 56.3 Å². The molecule has 0 aliphatic carbocycles. The SMILES string of the molecule is CC(C)Oc1ccc(C(=O)N2CCN(S(=O)(=O)c3cccc(Br)c3)CC2)cc1. The molecule has 1 amide bonds. The van der Waals surface area contributed by atoms with E-state index in [0.29, 0.717) is 23.1 Å². The molecule has 2 aromatic carbocycles. The summed E-state index contributed by atoms with van der Waals surface area (Å²) in [6.07, 6.45) is 0.0711. The molecule has 0 unspecified atom stereocenters. The van der Waals surface area contributed by atoms with Crippen LogP contribution in [0.5, 0.6) is 5.75 Å². The molecule has 1 aliphatic rings. The molecule has 8 heteroatoms. The maximum Gasteiger partial charge on any atom is 0.253 e. The number of sulfonamides is 1. The van der Waals surface area contributed by atoms with Gasteiger partial charge in [0, 0.05) is 36.2 Å². The zero-order valence-corrected chi connectivity index (χ0v) is 18.2. The summed E-state index contributed by atoms with van der Waals surface area (Å²) in [5.74, 6) is 0.618. The molecule has 1 fully saturated rings. The standard InChI is InChI=1S/C20H23BrN2O4S/c1-15(2)27-18-8-6-16(7-9-18)20(24)22-10-12-23(13-11-22)28(25,26)19-5-3-4-17(21)14-19/h3-9,14-15H,10-13H2,1-2H3. The highest BCUT2D eigenvalue weighted by atomic mass is 79.9. The second kappa shape index (κ2) is 8.63. The van der Waals surface area contributed by atoms with Crippen LogP contribution in [0.15, 0.2) is 57.9 Å². The molecule has 0 aromatic heterocycles. The summed E-state index contributed by atoms with van der Waals surface area (Å²) in [5, 5.41) is 0. The van der Waals surface area contributed by atoms with Crippen LogP contribution in [-0.2, 0) is 10.0 Å². The number of amides is 1. The fraction of sp³-hybridized carbons (Fsp3) is 0.350. The highest BCUT2D eigenvalue weighted by molar-refractivity contribution is 9.10. The predicted molar refractivity (Wildman–Crippen MR) is 111 cm³/mol. The molecular weight excluding hydrogens is 444 g/mol. The lowest BCUT2D eigenvalue weighted by atomic mass is 10.2. The molecule has 3 rings (SSSR count). The number of carbonyl (C=O) groups excluding carboxylic acids is 1. The van der Waals surface area contributed by atoms with Crippen molar-refractivity contribution in [2.45, 2.75) is 24.8 Å². The van der Waals surface area contributed by atoms with Crippen molar-refractivity contribution < 1.29 is 17.9 Å². The second-order valence-electron chi connectivity index (χ2n) is 6.84. The maximum absolute atomic E-state index is 12.8. The first-order valence-electron chi connectivity index (χ1n) is 9.09. The molecule has 0 saturated carbocycles. The molecule has 0 spiro atoms. The summed E-state index contributed by atoms with van der Waals surface area (Å²) >= 11 is 3.31. The van der Waals surface area contributed by atoms with Crippen molar-refractivity contribution in [1.82, 2.24) is 9.21 Å². The van der Waals surface area contributed by atoms with Crippen LogP contribution in [0.2, 0.25) is 0 Å². The largest absolute Gasteiger partial charge is 0.491 e. The molecule has 28 heavy (non-hydrogen) atoms. The highest BCUT2D eigenvalue weighted by Gasteiger charge is 2.30. The third kappa shape index (κ3) is 4.74. The molecule has 0 atom stereocenters. The lowest BCUT2D eigenvalue weighted by Crippen LogP contribution is -2.50. The molecule has 1 heterocycles. The predicted octanol–water partition coefficient (Wildman–Crippen LogP) is 3.38. The molecule has 1 aliphatic heterocycles. The third-order valence-corrected chi connectivity index (χ3v) is 6.82. The maximum atomic E-state index is 12.8. The molecule has 0 bridgehead atoms. The summed E-state index contributed by atoms with van der Waals surface area (Å²) < 4.78 is 33.3. The van der Waals surface area contributed by atoms with E-state index >= 15 is 0 Å². The Morgan fingerprint density at radius 2 is 1.68 bits per heavy atom. The van der Waals surface area contributed by atoms with Gasteiger partial charge >= 0.3 is 0 Å². The van der Waals surface area contributed by atoms with Gasteiger partial charge in [-0.25, -0.2) is 8.42 Å². The van der Waals surface area contributed by atoms with E-state index in [9.17, 15) is 13.2 Å². The first-order valence-corrected chi connectivity index (χ1v) is 11.3. The molecule has 6 nitrogen and oxygen atoms in total. The van der Waals surface area contributed by atoms with Crippen LogP contribution in [0, 0.1) is 0 Å². The van der Waals surface area contributed by atoms with Crippen LogP contribution in [0.3, 0.4) is 0 Å². The molecule has 150 valence electrons. The summed E-state index contributed by atoms with van der Waals surface area (Å²) in [6, 6.07) is 13.7. The van der Waals surface area contributed by atoms with E-state index in [-0.39, 0.29) is 30.0 Å². The van der Waals surface area contributed by atoms with Crippen molar-refractivity contribution in [3.63, 3.8) is 0 Å². The number of rotatable bonds is 5. The number of hydrogen-bond donors (Lipinski definition) is 0. The number of benzene rings is 2. The second-order valence-corrected chi connectivity index (χ2v) is 9.70. The molecule has 1 saturated heterocycles. The van der Waals surface area contributed by atoms with Gasteiger partial charge in [-0.15, -0.1) is 0 Å². The van der Waals surface area contributed by atoms with E-state index < -0.39 is 10.0 Å². The van der Waals surface area contributed by atoms with Gasteiger partial charge in [0.25, 0.3) is 5.91 Å². The van der Waals surface area contributed by atoms with Crippen LogP contribution < -0.4 is 4.74 Å². The van der Waals surface area contributed by atoms with Crippen molar-refractivity contribution >= 4 is 31.9 Å². The van der Waals surface area contributed by atoms with E-state index in [4.69, 9.17) is 4.74 Å². The van der Waals surface area contributed by atoms with Crippen LogP contribution in [-0.4, -0.2) is 55.8 Å². The number of nitrogens with zero attached hydrogens (tertiary/aromatic N) is 2. The normalized spacial score (nSPS) is 15.6. The fourth-order valence-electron chi connectivity index (χ4n) is 3.04. The third-order valence-electron chi connectivity index (χ3n) is 4.43. The molecule has 2 aromatic rings. The van der Waals surface area contributed by atoms with E-state index in [1.54, 1.807) is 53.4 Å². The van der Waals surface area contributed by atoms with Crippen LogP contribution >= 0.6 is 15.9 Å². The topological polar surface area (TPSA) is 66.9 Å². The van der Waals surface area contributed by atoms with Gasteiger partial charge in [-0.1, -0.05) is 22.0 Å². The zero-order chi connectivity index (χ0) is 20.3. The van der Waals surface area contributed by atoms with Crippen molar-refractivity contribution in [3.8, 4) is 5.75 Å². The Hall–Kier alpha value is -1.90. The minimum Gasteiger partial charge on any atom is -0.491 e. The number of halogens is 1. The van der Waals surface area contributed by atoms with Gasteiger partial charge in [0.15, 0.2) is 0 Å². The molecule has 0 N–H and O–H groups in total. The minimum atomic E-state index is -3.57. The monoisotopic (exact) mass is 466 g/mol. The van der Waals surface area contributed by atoms with Crippen molar-refractivity contribution in [1.29, 1.82) is 0 Å². The van der Waals surface area contributed by atoms with Gasteiger partial charge in [-0.2, -0.15) is 4.31 Å². The quantitative estimate of drug-likeness (QED) is 0.677. The Bertz CT molecular complexity index is 937. The summed E-state index contributed by atoms with van der Waals surface area (Å²) in [6.45, 7) is 5.15. The van der Waals surface area contributed by atoms with Crippen LogP contribution in [0.4, 0.5) is 0 Å². The minimum absolute atomic E-state index is 0.0711. The van der Waals surface area contributed by atoms with Gasteiger partial charge in [-0.3, -0.25) is 4.79 Å². The Balaban J connectivity index is 1.64. The van der Waals surface area contributed by atoms with E-state index in [2.05, 4.69) is 15.9 Å². The Kier molecular flexibility index (Phi) is 6.42. The average Bonchev–Trinajstić information content (AvgIpc) is 2.68. The Morgan fingerprint density at radius 3 is 2.25 bits per heavy atom. The van der Waals surface area contributed by atoms with Gasteiger partial charge < -0.3 is 9.64 Å². The number of hydrogen-bond acceptors (Lipinski definition) is 4. The summed E-state index contributed by atoms with van der Waals surface area (Å²) in [4.78, 5) is 14.7. The summed E-state index contributed by atoms with van der Waals surface area (Å²) in [5.41, 5.74) is 0.569. The van der Waals surface area contributed by atoms with Gasteiger partial charge in [0.1, 0.15) is 5.75 Å². The lowest BCUT2D eigenvalue weighted by molar-refractivity contribution is 0.0698. The summed E-state index contributed by atoms with van der Waals surface area (Å²) in [7, 11) is -3.57. The number of carbonyl (C=O) groups is 1. The van der Waals surface area contributed by atoms with E-state index in [0.717, 1.165) is 5.75 Å². The van der Waals surface area contributed by atoms with E-state index in [1.165, 1.54) is 4.31 Å². The smallest absolute Gasteiger partial charge is 0.253 e. The highest BCUT2D eigenvalue weighted by Crippen LogP contribution is 2.22. The van der Waals surface area contributed by atoms with Crippen LogP contribution in [0.1, 0.15) is 24.2 Å². The van der Waals surface area contributed by atoms with Crippen molar-refractivity contribution in [2.75, 3.05) is 26.2 Å². The molecular formula is C20H23BrN2O4S. The fourth-order valence-corrected chi connectivity index (χ4v) is 5.06. The first kappa shape index (κ1) is 20.8. The van der Waals surface area contributed by atoms with Gasteiger partial charge in [0.05, 0.1) is 11.0 Å². The van der Waals surface area contributed by atoms with Gasteiger partial charge in [0.2, 0.25) is 10.0 Å². The Morgan fingerprint density at radius 1 is 1.04 bits per heavy atom. The average molecular weight is 467 g/mol. The number of piperazine rings is 1. The van der Waals surface area contributed by atoms with E-state index in [1.807, 2.05) is 13.8 Å². The Labute approximate surface area is 174 Å². The van der Waals surface area contributed by atoms with Crippen LogP contribution in [0.25, 0.3) is 0 Å². The number of ether oxygens (including phenoxy) is 1. The lowest BCUT2D eigenvalue weighted by Gasteiger charge is -2.34. The first-order chi connectivity index (χ1) is 13.3. The van der Waals surface area contributed by atoms with Crippen molar-refractivity contribution in [3.05, 3.63) is 58.6 Å².